The highest BCUT2D eigenvalue weighted by molar-refractivity contribution is 5.94. The van der Waals surface area contributed by atoms with Crippen molar-refractivity contribution in [3.8, 4) is 0 Å². The number of carbonyl (C=O) groups is 3. The van der Waals surface area contributed by atoms with Gasteiger partial charge in [0.1, 0.15) is 5.84 Å². The van der Waals surface area contributed by atoms with E-state index < -0.39 is 11.9 Å². The Morgan fingerprint density at radius 3 is 1.00 bits per heavy atom. The molecule has 0 bridgehead atoms. The summed E-state index contributed by atoms with van der Waals surface area (Å²) in [6, 6.07) is 29.7. The predicted octanol–water partition coefficient (Wildman–Crippen LogP) is 10.9. The van der Waals surface area contributed by atoms with Crippen LogP contribution in [-0.2, 0) is 56.8 Å². The van der Waals surface area contributed by atoms with Gasteiger partial charge in [-0.1, -0.05) is 97.1 Å². The molecule has 28 nitrogen and oxygen atoms in total. The molecule has 580 valence electrons. The van der Waals surface area contributed by atoms with Gasteiger partial charge in [0, 0.05) is 93.3 Å². The standard InChI is InChI=1S/C17H20N2O4.C15H21N3O2.C15H18N2O2.C14H16N2O2.C9H17NO4.C9H15NO3/c1-3-21-16(20)19-10-8-17(9-11-19)12-22-15(23-17)13-4-6-14(18-2)7-5-13;1-18-8-6-15(7-9-18)10-19-14(20-15)12-4-2-11(3-5-12)13(16)17;1-16-13-5-3-12(4-6-13)14-18-11-15(19-14)7-9-17(2)10-8-15;1-15-12-4-2-11(3-5-12)13-17-10-14(18-13)6-8-16-9-7-14;1-2-14-8(12)10-5-3-9(13,7-11)4-6-10;1-2-12-8(11)10-5-3-9(4-6-10)7-13-9/h4-7,15H,3,8-12H2,1H3;2-5,14H,6-10H2,1H3,(H3,16,17);3-6,14H,7-11H2,2H3;2-5,13,16H,6-10H2;11,13H,2-7H2,1H3;2-7H2,1H3. The minimum Gasteiger partial charge on any atom is -0.450 e. The number of nitrogens with two attached hydrogens (primary N) is 1. The lowest BCUT2D eigenvalue weighted by molar-refractivity contribution is -0.108. The van der Waals surface area contributed by atoms with Crippen molar-refractivity contribution >= 4 is 41.2 Å². The van der Waals surface area contributed by atoms with Gasteiger partial charge in [0.05, 0.1) is 113 Å². The molecule has 0 aromatic heterocycles. The van der Waals surface area contributed by atoms with Crippen molar-refractivity contribution in [3.63, 3.8) is 0 Å². The second-order valence-electron chi connectivity index (χ2n) is 29.2. The molecule has 11 aliphatic rings. The molecule has 5 spiro atoms. The highest BCUT2D eigenvalue weighted by Crippen LogP contribution is 2.44. The zero-order valence-electron chi connectivity index (χ0n) is 62.6. The molecule has 11 saturated heterocycles. The summed E-state index contributed by atoms with van der Waals surface area (Å²) in [4.78, 5) is 54.1. The number of benzene rings is 4. The Kier molecular flexibility index (Phi) is 28.9. The van der Waals surface area contributed by atoms with Gasteiger partial charge in [-0.3, -0.25) is 5.41 Å². The highest BCUT2D eigenvalue weighted by Gasteiger charge is 2.49. The van der Waals surface area contributed by atoms with E-state index in [4.69, 9.17) is 92.8 Å². The number of epoxide rings is 1. The van der Waals surface area contributed by atoms with E-state index >= 15 is 0 Å². The van der Waals surface area contributed by atoms with Gasteiger partial charge in [-0.25, -0.2) is 28.9 Å². The number of nitrogen functional groups attached to an aromatic ring is 1. The first-order valence-electron chi connectivity index (χ1n) is 37.5. The van der Waals surface area contributed by atoms with Crippen LogP contribution in [0.5, 0.6) is 0 Å². The summed E-state index contributed by atoms with van der Waals surface area (Å²) in [7, 11) is 4.28. The van der Waals surface area contributed by atoms with Gasteiger partial charge in [0.15, 0.2) is 42.2 Å². The second-order valence-corrected chi connectivity index (χ2v) is 29.2. The molecular weight excluding hydrogens is 1370 g/mol. The zero-order valence-corrected chi connectivity index (χ0v) is 62.6. The van der Waals surface area contributed by atoms with Crippen molar-refractivity contribution in [1.82, 2.24) is 29.8 Å². The van der Waals surface area contributed by atoms with Crippen LogP contribution < -0.4 is 11.1 Å². The van der Waals surface area contributed by atoms with Crippen molar-refractivity contribution in [1.29, 1.82) is 5.41 Å². The van der Waals surface area contributed by atoms with E-state index in [2.05, 4.69) is 43.7 Å². The minimum absolute atomic E-state index is 0.0802. The number of nitrogens with one attached hydrogen (secondary N) is 2. The Labute approximate surface area is 628 Å². The van der Waals surface area contributed by atoms with Gasteiger partial charge in [-0.05, 0) is 125 Å². The quantitative estimate of drug-likeness (QED) is 0.0342. The van der Waals surface area contributed by atoms with Crippen molar-refractivity contribution in [2.75, 3.05) is 152 Å². The number of ether oxygens (including phenoxy) is 12. The molecular formula is C79H107N11O17. The summed E-state index contributed by atoms with van der Waals surface area (Å²) >= 11 is 0. The Hall–Kier alpha value is -7.93. The second kappa shape index (κ2) is 37.9. The largest absolute Gasteiger partial charge is 0.450 e. The third kappa shape index (κ3) is 22.4. The first-order valence-corrected chi connectivity index (χ1v) is 37.5. The van der Waals surface area contributed by atoms with E-state index in [1.807, 2.05) is 91.9 Å². The number of nitrogens with zero attached hydrogens (tertiary/aromatic N) is 8. The summed E-state index contributed by atoms with van der Waals surface area (Å²) < 4.78 is 68.0. The molecule has 4 unspecified atom stereocenters. The maximum atomic E-state index is 11.8. The number of hydrogen-bond acceptors (Lipinski definition) is 21. The van der Waals surface area contributed by atoms with Crippen molar-refractivity contribution in [2.45, 2.75) is 157 Å². The summed E-state index contributed by atoms with van der Waals surface area (Å²) in [5, 5.41) is 29.3. The molecule has 6 N–H and O–H groups in total. The number of amides is 3. The fraction of sp³-hybridized carbons (Fsp3) is 0.608. The van der Waals surface area contributed by atoms with Crippen LogP contribution in [0.15, 0.2) is 97.1 Å². The molecule has 4 aromatic rings. The highest BCUT2D eigenvalue weighted by atomic mass is 16.7. The Morgan fingerprint density at radius 2 is 0.729 bits per heavy atom. The van der Waals surface area contributed by atoms with Gasteiger partial charge in [-0.15, -0.1) is 0 Å². The van der Waals surface area contributed by atoms with E-state index in [1.165, 1.54) is 0 Å². The van der Waals surface area contributed by atoms with Crippen LogP contribution in [-0.4, -0.2) is 245 Å². The van der Waals surface area contributed by atoms with Crippen LogP contribution in [0.3, 0.4) is 0 Å². The van der Waals surface area contributed by atoms with E-state index in [0.29, 0.717) is 102 Å². The number of carbonyl (C=O) groups excluding carboxylic acids is 3. The summed E-state index contributed by atoms with van der Waals surface area (Å²) in [5.74, 6) is 0.0802. The SMILES string of the molecule is CCOC(=O)N1CCC(O)(CO)CC1.CCOC(=O)N1CCC2(CC1)CO2.CN1CCC2(CC1)COC(c1ccc(C(=N)N)cc1)O2.[C-]#[N+]c1ccc(C2OCC3(CCN(C(=O)OCC)CC3)O2)cc1.[C-]#[N+]c1ccc(C2OCC3(CCN(C)CC3)O2)cc1.[C-]#[N+]c1ccc(C2OCC3(CCNCC3)O2)cc1. The Bertz CT molecular complexity index is 3630. The molecule has 15 rings (SSSR count). The van der Waals surface area contributed by atoms with Crippen LogP contribution >= 0.6 is 0 Å². The average molecular weight is 1480 g/mol. The van der Waals surface area contributed by atoms with Crippen LogP contribution in [0.25, 0.3) is 14.5 Å². The number of piperidine rings is 6. The number of hydrogen-bond donors (Lipinski definition) is 5. The smallest absolute Gasteiger partial charge is 0.409 e. The first-order chi connectivity index (χ1) is 51.6. The van der Waals surface area contributed by atoms with E-state index in [1.54, 1.807) is 40.7 Å². The van der Waals surface area contributed by atoms with Crippen LogP contribution in [0.4, 0.5) is 31.4 Å². The number of rotatable bonds is 9. The fourth-order valence-electron chi connectivity index (χ4n) is 14.2. The average Bonchev–Trinajstić information content (AvgIpc) is 1.65. The Balaban J connectivity index is 0.000000138. The number of aliphatic hydroxyl groups excluding tert-OH is 1. The van der Waals surface area contributed by atoms with Crippen LogP contribution in [0.1, 0.15) is 151 Å². The van der Waals surface area contributed by atoms with Crippen molar-refractivity contribution in [3.05, 3.63) is 159 Å². The van der Waals surface area contributed by atoms with E-state index in [9.17, 15) is 19.5 Å². The third-order valence-corrected chi connectivity index (χ3v) is 21.6. The topological polar surface area (TPSA) is 297 Å². The molecule has 4 aromatic carbocycles. The van der Waals surface area contributed by atoms with Gasteiger partial charge < -0.3 is 103 Å². The number of amidine groups is 1. The van der Waals surface area contributed by atoms with E-state index in [0.717, 1.165) is 151 Å². The molecule has 11 heterocycles. The lowest BCUT2D eigenvalue weighted by Gasteiger charge is -2.37. The normalized spacial score (nSPS) is 24.5. The zero-order chi connectivity index (χ0) is 76.1. The molecule has 0 radical (unpaired) electrons. The predicted molar refractivity (Wildman–Crippen MR) is 395 cm³/mol. The molecule has 11 fully saturated rings. The first kappa shape index (κ1) is 81.6. The van der Waals surface area contributed by atoms with Gasteiger partial charge >= 0.3 is 18.3 Å². The lowest BCUT2D eigenvalue weighted by atomic mass is 9.92. The molecule has 0 aliphatic carbocycles. The molecule has 4 atom stereocenters. The van der Waals surface area contributed by atoms with Crippen LogP contribution in [0.2, 0.25) is 0 Å². The molecule has 28 heteroatoms. The van der Waals surface area contributed by atoms with Crippen LogP contribution in [0, 0.1) is 25.1 Å². The molecule has 11 aliphatic heterocycles. The maximum Gasteiger partial charge on any atom is 0.409 e. The van der Waals surface area contributed by atoms with Crippen molar-refractivity contribution in [2.24, 2.45) is 5.73 Å². The molecule has 107 heavy (non-hydrogen) atoms. The number of likely N-dealkylation sites (tertiary alicyclic amines) is 5. The summed E-state index contributed by atoms with van der Waals surface area (Å²) in [6.07, 6.45) is 8.30. The summed E-state index contributed by atoms with van der Waals surface area (Å²) in [6.45, 7) is 40.5. The fourth-order valence-corrected chi connectivity index (χ4v) is 14.2. The van der Waals surface area contributed by atoms with Gasteiger partial charge in [0.2, 0.25) is 0 Å². The van der Waals surface area contributed by atoms with Gasteiger partial charge in [-0.2, -0.15) is 0 Å². The van der Waals surface area contributed by atoms with E-state index in [-0.39, 0.29) is 77.6 Å². The maximum absolute atomic E-state index is 11.8. The Morgan fingerprint density at radius 1 is 0.458 bits per heavy atom. The van der Waals surface area contributed by atoms with Gasteiger partial charge in [0.25, 0.3) is 0 Å². The number of aliphatic hydroxyl groups is 2. The molecule has 3 amide bonds. The lowest BCUT2D eigenvalue weighted by Crippen LogP contribution is -2.48. The monoisotopic (exact) mass is 1480 g/mol. The minimum atomic E-state index is -1.01. The third-order valence-electron chi connectivity index (χ3n) is 21.6. The summed E-state index contributed by atoms with van der Waals surface area (Å²) in [5.41, 5.74) is 10.5. The van der Waals surface area contributed by atoms with Crippen molar-refractivity contribution < 1.29 is 81.4 Å². The molecule has 0 saturated carbocycles.